The van der Waals surface area contributed by atoms with Gasteiger partial charge in [-0.3, -0.25) is 14.4 Å². The summed E-state index contributed by atoms with van der Waals surface area (Å²) in [6, 6.07) is 6.16. The number of carbonyl (C=O) groups excluding carboxylic acids is 1. The Balaban J connectivity index is 1.58. The van der Waals surface area contributed by atoms with Crippen LogP contribution in [0.3, 0.4) is 0 Å². The van der Waals surface area contributed by atoms with Crippen molar-refractivity contribution in [2.45, 2.75) is 19.0 Å². The maximum atomic E-state index is 13.9. The standard InChI is InChI=1S/C18H19FN6O/c1-24-8-12-9-25(11-16-20-6-7-21-16)10-13(17(12)23-24)18(26)22-15-5-3-2-4-14(15)19/h2-8,13H,9-11H2,1H3,(H,20,21)(H,22,26)/t13-/m0/s1. The van der Waals surface area contributed by atoms with E-state index >= 15 is 0 Å². The minimum Gasteiger partial charge on any atom is -0.348 e. The van der Waals surface area contributed by atoms with Gasteiger partial charge in [0.15, 0.2) is 0 Å². The van der Waals surface area contributed by atoms with E-state index in [1.807, 2.05) is 13.2 Å². The van der Waals surface area contributed by atoms with Crippen LogP contribution in [-0.2, 0) is 24.9 Å². The van der Waals surface area contributed by atoms with Gasteiger partial charge in [0.1, 0.15) is 11.6 Å². The number of aromatic amines is 1. The van der Waals surface area contributed by atoms with Crippen LogP contribution in [-0.4, -0.2) is 37.1 Å². The third-order valence-electron chi connectivity index (χ3n) is 4.48. The number of anilines is 1. The molecule has 8 heteroatoms. The van der Waals surface area contributed by atoms with Crippen molar-refractivity contribution in [3.8, 4) is 0 Å². The van der Waals surface area contributed by atoms with Gasteiger partial charge in [-0.2, -0.15) is 5.10 Å². The van der Waals surface area contributed by atoms with Crippen LogP contribution in [0.4, 0.5) is 10.1 Å². The zero-order chi connectivity index (χ0) is 18.1. The number of nitrogens with one attached hydrogen (secondary N) is 2. The summed E-state index contributed by atoms with van der Waals surface area (Å²) < 4.78 is 15.6. The third-order valence-corrected chi connectivity index (χ3v) is 4.48. The molecule has 134 valence electrons. The zero-order valence-electron chi connectivity index (χ0n) is 14.3. The maximum Gasteiger partial charge on any atom is 0.234 e. The molecule has 0 unspecified atom stereocenters. The number of fused-ring (bicyclic) bond motifs is 1. The third kappa shape index (κ3) is 3.23. The predicted molar refractivity (Wildman–Crippen MR) is 93.7 cm³/mol. The number of hydrogen-bond donors (Lipinski definition) is 2. The molecular formula is C18H19FN6O. The van der Waals surface area contributed by atoms with Crippen molar-refractivity contribution in [1.29, 1.82) is 0 Å². The van der Waals surface area contributed by atoms with Gasteiger partial charge in [-0.1, -0.05) is 12.1 Å². The normalized spacial score (nSPS) is 17.1. The van der Waals surface area contributed by atoms with Gasteiger partial charge in [0.2, 0.25) is 5.91 Å². The largest absolute Gasteiger partial charge is 0.348 e. The summed E-state index contributed by atoms with van der Waals surface area (Å²) in [6.45, 7) is 1.78. The minimum absolute atomic E-state index is 0.179. The monoisotopic (exact) mass is 354 g/mol. The number of nitrogens with zero attached hydrogens (tertiary/aromatic N) is 4. The first kappa shape index (κ1) is 16.5. The van der Waals surface area contributed by atoms with Crippen LogP contribution in [0.1, 0.15) is 23.0 Å². The number of aryl methyl sites for hydroxylation is 1. The Morgan fingerprint density at radius 1 is 1.42 bits per heavy atom. The van der Waals surface area contributed by atoms with Crippen molar-refractivity contribution in [2.24, 2.45) is 7.05 Å². The van der Waals surface area contributed by atoms with Crippen LogP contribution in [0.2, 0.25) is 0 Å². The summed E-state index contributed by atoms with van der Waals surface area (Å²) in [5, 5.41) is 7.16. The van der Waals surface area contributed by atoms with Crippen LogP contribution < -0.4 is 5.32 Å². The highest BCUT2D eigenvalue weighted by atomic mass is 19.1. The molecule has 1 aromatic carbocycles. The summed E-state index contributed by atoms with van der Waals surface area (Å²) in [4.78, 5) is 22.3. The molecule has 4 rings (SSSR count). The van der Waals surface area contributed by atoms with E-state index in [0.29, 0.717) is 19.6 Å². The number of benzene rings is 1. The van der Waals surface area contributed by atoms with Crippen molar-refractivity contribution >= 4 is 11.6 Å². The number of hydrogen-bond acceptors (Lipinski definition) is 4. The van der Waals surface area contributed by atoms with Crippen LogP contribution >= 0.6 is 0 Å². The molecule has 7 nitrogen and oxygen atoms in total. The van der Waals surface area contributed by atoms with E-state index in [1.54, 1.807) is 35.3 Å². The van der Waals surface area contributed by atoms with E-state index in [4.69, 9.17) is 0 Å². The van der Waals surface area contributed by atoms with Crippen LogP contribution in [0.5, 0.6) is 0 Å². The van der Waals surface area contributed by atoms with Crippen molar-refractivity contribution in [3.63, 3.8) is 0 Å². The first-order valence-corrected chi connectivity index (χ1v) is 8.38. The number of imidazole rings is 1. The van der Waals surface area contributed by atoms with Gasteiger partial charge >= 0.3 is 0 Å². The second-order valence-electron chi connectivity index (χ2n) is 6.44. The molecule has 2 N–H and O–H groups in total. The minimum atomic E-state index is -0.477. The summed E-state index contributed by atoms with van der Waals surface area (Å²) in [5.74, 6) is -0.357. The maximum absolute atomic E-state index is 13.9. The zero-order valence-corrected chi connectivity index (χ0v) is 14.3. The number of halogens is 1. The van der Waals surface area contributed by atoms with E-state index < -0.39 is 11.7 Å². The lowest BCUT2D eigenvalue weighted by molar-refractivity contribution is -0.118. The van der Waals surface area contributed by atoms with Gasteiger partial charge in [0.05, 0.1) is 23.8 Å². The quantitative estimate of drug-likeness (QED) is 0.751. The number of aromatic nitrogens is 4. The molecule has 0 aliphatic carbocycles. The van der Waals surface area contributed by atoms with E-state index in [-0.39, 0.29) is 11.6 Å². The van der Waals surface area contributed by atoms with Gasteiger partial charge in [-0.15, -0.1) is 0 Å². The Morgan fingerprint density at radius 3 is 3.04 bits per heavy atom. The Bertz CT molecular complexity index is 920. The molecule has 1 amide bonds. The topological polar surface area (TPSA) is 78.8 Å². The molecule has 1 atom stereocenters. The van der Waals surface area contributed by atoms with E-state index in [0.717, 1.165) is 17.1 Å². The lowest BCUT2D eigenvalue weighted by Crippen LogP contribution is -2.38. The van der Waals surface area contributed by atoms with Crippen LogP contribution in [0.25, 0.3) is 0 Å². The Labute approximate surface area is 149 Å². The second kappa shape index (κ2) is 6.72. The highest BCUT2D eigenvalue weighted by Gasteiger charge is 2.33. The van der Waals surface area contributed by atoms with Crippen LogP contribution in [0, 0.1) is 5.82 Å². The fourth-order valence-electron chi connectivity index (χ4n) is 3.33. The van der Waals surface area contributed by atoms with E-state index in [9.17, 15) is 9.18 Å². The SMILES string of the molecule is Cn1cc2c(n1)[C@@H](C(=O)Nc1ccccc1F)CN(Cc1ncc[nH]1)C2. The van der Waals surface area contributed by atoms with Gasteiger partial charge in [0.25, 0.3) is 0 Å². The molecule has 1 aliphatic heterocycles. The first-order chi connectivity index (χ1) is 12.6. The number of rotatable bonds is 4. The molecule has 3 heterocycles. The Hall–Kier alpha value is -3.00. The molecular weight excluding hydrogens is 335 g/mol. The van der Waals surface area contributed by atoms with Crippen molar-refractivity contribution in [1.82, 2.24) is 24.6 Å². The number of carbonyl (C=O) groups is 1. The van der Waals surface area contributed by atoms with Gasteiger partial charge in [-0.05, 0) is 12.1 Å². The predicted octanol–water partition coefficient (Wildman–Crippen LogP) is 2.02. The lowest BCUT2D eigenvalue weighted by Gasteiger charge is -2.30. The summed E-state index contributed by atoms with van der Waals surface area (Å²) in [6.07, 6.45) is 5.40. The van der Waals surface area contributed by atoms with E-state index in [2.05, 4.69) is 25.3 Å². The highest BCUT2D eigenvalue weighted by molar-refractivity contribution is 5.96. The van der Waals surface area contributed by atoms with Gasteiger partial charge in [-0.25, -0.2) is 9.37 Å². The lowest BCUT2D eigenvalue weighted by atomic mass is 9.95. The molecule has 26 heavy (non-hydrogen) atoms. The molecule has 0 radical (unpaired) electrons. The van der Waals surface area contributed by atoms with Crippen LogP contribution in [0.15, 0.2) is 42.9 Å². The smallest absolute Gasteiger partial charge is 0.234 e. The number of para-hydroxylation sites is 1. The average Bonchev–Trinajstić information content (AvgIpc) is 3.24. The number of amides is 1. The Morgan fingerprint density at radius 2 is 2.27 bits per heavy atom. The number of H-pyrrole nitrogens is 1. The summed E-state index contributed by atoms with van der Waals surface area (Å²) in [7, 11) is 1.83. The molecule has 0 fully saturated rings. The Kier molecular flexibility index (Phi) is 4.26. The fourth-order valence-corrected chi connectivity index (χ4v) is 3.33. The summed E-state index contributed by atoms with van der Waals surface area (Å²) in [5.41, 5.74) is 1.93. The van der Waals surface area contributed by atoms with Crippen molar-refractivity contribution < 1.29 is 9.18 Å². The van der Waals surface area contributed by atoms with Gasteiger partial charge < -0.3 is 10.3 Å². The first-order valence-electron chi connectivity index (χ1n) is 8.38. The molecule has 0 saturated heterocycles. The molecule has 3 aromatic rings. The van der Waals surface area contributed by atoms with Crippen molar-refractivity contribution in [2.75, 3.05) is 11.9 Å². The average molecular weight is 354 g/mol. The summed E-state index contributed by atoms with van der Waals surface area (Å²) >= 11 is 0. The molecule has 2 aromatic heterocycles. The molecule has 0 spiro atoms. The van der Waals surface area contributed by atoms with Crippen molar-refractivity contribution in [3.05, 3.63) is 65.8 Å². The second-order valence-corrected chi connectivity index (χ2v) is 6.44. The molecule has 0 bridgehead atoms. The molecule has 1 aliphatic rings. The highest BCUT2D eigenvalue weighted by Crippen LogP contribution is 2.29. The van der Waals surface area contributed by atoms with Gasteiger partial charge in [0, 0.05) is 44.3 Å². The molecule has 0 saturated carbocycles. The van der Waals surface area contributed by atoms with E-state index in [1.165, 1.54) is 6.07 Å². The fraction of sp³-hybridized carbons (Fsp3) is 0.278.